The molecule has 0 spiro atoms. The molecule has 4 heteroatoms. The highest BCUT2D eigenvalue weighted by molar-refractivity contribution is 5.75. The maximum atomic E-state index is 11.4. The second kappa shape index (κ2) is 5.17. The molecule has 0 fully saturated rings. The molecule has 0 aliphatic carbocycles. The standard InChI is InChI=1S/C16H14N2O2/c1-11(19)20-15(12-7-3-2-4-8-12)16-17-13-9-5-6-10-14(13)18-16/h2-10,15H,1H3,(H,17,18)/t15-/m1/s1. The number of aromatic nitrogens is 2. The summed E-state index contributed by atoms with van der Waals surface area (Å²) in [6.07, 6.45) is -0.513. The number of fused-ring (bicyclic) bond motifs is 1. The second-order valence-electron chi connectivity index (χ2n) is 4.54. The molecule has 1 aromatic heterocycles. The van der Waals surface area contributed by atoms with Crippen LogP contribution in [0.2, 0.25) is 0 Å². The lowest BCUT2D eigenvalue weighted by atomic mass is 10.1. The first-order valence-corrected chi connectivity index (χ1v) is 6.41. The third kappa shape index (κ3) is 2.40. The van der Waals surface area contributed by atoms with Crippen molar-refractivity contribution in [2.45, 2.75) is 13.0 Å². The lowest BCUT2D eigenvalue weighted by Gasteiger charge is -2.14. The zero-order chi connectivity index (χ0) is 13.9. The van der Waals surface area contributed by atoms with Crippen LogP contribution in [0.3, 0.4) is 0 Å². The minimum Gasteiger partial charge on any atom is -0.449 e. The van der Waals surface area contributed by atoms with Gasteiger partial charge in [-0.3, -0.25) is 4.79 Å². The molecular formula is C16H14N2O2. The summed E-state index contributed by atoms with van der Waals surface area (Å²) < 4.78 is 5.42. The van der Waals surface area contributed by atoms with E-state index in [1.54, 1.807) is 0 Å². The van der Waals surface area contributed by atoms with Gasteiger partial charge in [0.1, 0.15) is 0 Å². The Morgan fingerprint density at radius 2 is 1.80 bits per heavy atom. The van der Waals surface area contributed by atoms with Gasteiger partial charge in [0.05, 0.1) is 11.0 Å². The first-order chi connectivity index (χ1) is 9.74. The van der Waals surface area contributed by atoms with Gasteiger partial charge in [0.2, 0.25) is 0 Å². The number of hydrogen-bond donors (Lipinski definition) is 1. The van der Waals surface area contributed by atoms with Gasteiger partial charge in [-0.2, -0.15) is 0 Å². The molecule has 4 nitrogen and oxygen atoms in total. The summed E-state index contributed by atoms with van der Waals surface area (Å²) in [5, 5.41) is 0. The molecule has 0 aliphatic heterocycles. The number of benzene rings is 2. The highest BCUT2D eigenvalue weighted by Crippen LogP contribution is 2.25. The molecule has 0 unspecified atom stereocenters. The summed E-state index contributed by atoms with van der Waals surface area (Å²) in [5.74, 6) is 0.298. The molecular weight excluding hydrogens is 252 g/mol. The number of H-pyrrole nitrogens is 1. The van der Waals surface area contributed by atoms with Gasteiger partial charge in [-0.1, -0.05) is 42.5 Å². The van der Waals surface area contributed by atoms with Crippen LogP contribution in [0.25, 0.3) is 11.0 Å². The molecule has 0 saturated carbocycles. The zero-order valence-electron chi connectivity index (χ0n) is 11.0. The molecule has 1 atom stereocenters. The highest BCUT2D eigenvalue weighted by Gasteiger charge is 2.20. The number of carbonyl (C=O) groups is 1. The van der Waals surface area contributed by atoms with E-state index in [2.05, 4.69) is 9.97 Å². The van der Waals surface area contributed by atoms with Crippen LogP contribution in [0, 0.1) is 0 Å². The summed E-state index contributed by atoms with van der Waals surface area (Å²) >= 11 is 0. The maximum Gasteiger partial charge on any atom is 0.303 e. The average molecular weight is 266 g/mol. The van der Waals surface area contributed by atoms with E-state index in [1.165, 1.54) is 6.92 Å². The molecule has 0 aliphatic rings. The first-order valence-electron chi connectivity index (χ1n) is 6.41. The van der Waals surface area contributed by atoms with Crippen LogP contribution >= 0.6 is 0 Å². The molecule has 1 N–H and O–H groups in total. The van der Waals surface area contributed by atoms with Gasteiger partial charge in [-0.25, -0.2) is 4.98 Å². The number of para-hydroxylation sites is 2. The molecule has 2 aromatic carbocycles. The number of imidazole rings is 1. The van der Waals surface area contributed by atoms with Gasteiger partial charge in [0, 0.05) is 12.5 Å². The first kappa shape index (κ1) is 12.4. The maximum absolute atomic E-state index is 11.4. The smallest absolute Gasteiger partial charge is 0.303 e. The second-order valence-corrected chi connectivity index (χ2v) is 4.54. The number of hydrogen-bond acceptors (Lipinski definition) is 3. The summed E-state index contributed by atoms with van der Waals surface area (Å²) in [6.45, 7) is 1.40. The highest BCUT2D eigenvalue weighted by atomic mass is 16.5. The number of nitrogens with one attached hydrogen (secondary N) is 1. The molecule has 0 amide bonds. The van der Waals surface area contributed by atoms with E-state index >= 15 is 0 Å². The average Bonchev–Trinajstić information content (AvgIpc) is 2.89. The minimum atomic E-state index is -0.513. The van der Waals surface area contributed by atoms with Gasteiger partial charge < -0.3 is 9.72 Å². The fourth-order valence-electron chi connectivity index (χ4n) is 2.17. The van der Waals surface area contributed by atoms with Crippen molar-refractivity contribution < 1.29 is 9.53 Å². The Morgan fingerprint density at radius 3 is 2.50 bits per heavy atom. The van der Waals surface area contributed by atoms with Gasteiger partial charge in [-0.15, -0.1) is 0 Å². The van der Waals surface area contributed by atoms with Crippen LogP contribution < -0.4 is 0 Å². The topological polar surface area (TPSA) is 55.0 Å². The van der Waals surface area contributed by atoms with Gasteiger partial charge in [-0.05, 0) is 12.1 Å². The van der Waals surface area contributed by atoms with E-state index in [0.29, 0.717) is 5.82 Å². The number of ether oxygens (including phenoxy) is 1. The number of carbonyl (C=O) groups excluding carboxylic acids is 1. The lowest BCUT2D eigenvalue weighted by Crippen LogP contribution is -2.11. The van der Waals surface area contributed by atoms with Crippen LogP contribution in [0.1, 0.15) is 24.4 Å². The monoisotopic (exact) mass is 266 g/mol. The summed E-state index contributed by atoms with van der Waals surface area (Å²) in [4.78, 5) is 19.1. The van der Waals surface area contributed by atoms with Crippen molar-refractivity contribution in [1.82, 2.24) is 9.97 Å². The molecule has 1 heterocycles. The number of esters is 1. The number of aromatic amines is 1. The molecule has 20 heavy (non-hydrogen) atoms. The van der Waals surface area contributed by atoms with E-state index in [9.17, 15) is 4.79 Å². The minimum absolute atomic E-state index is 0.334. The van der Waals surface area contributed by atoms with Gasteiger partial charge in [0.25, 0.3) is 0 Å². The van der Waals surface area contributed by atoms with Crippen molar-refractivity contribution >= 4 is 17.0 Å². The van der Waals surface area contributed by atoms with Crippen molar-refractivity contribution in [2.75, 3.05) is 0 Å². The summed E-state index contributed by atoms with van der Waals surface area (Å²) in [7, 11) is 0. The van der Waals surface area contributed by atoms with Crippen LogP contribution in [-0.2, 0) is 9.53 Å². The van der Waals surface area contributed by atoms with E-state index in [4.69, 9.17) is 4.74 Å². The summed E-state index contributed by atoms with van der Waals surface area (Å²) in [5.41, 5.74) is 2.67. The number of nitrogens with zero attached hydrogens (tertiary/aromatic N) is 1. The fraction of sp³-hybridized carbons (Fsp3) is 0.125. The van der Waals surface area contributed by atoms with E-state index < -0.39 is 6.10 Å². The molecule has 0 bridgehead atoms. The molecule has 3 rings (SSSR count). The van der Waals surface area contributed by atoms with Crippen molar-refractivity contribution in [1.29, 1.82) is 0 Å². The normalized spacial score (nSPS) is 12.2. The van der Waals surface area contributed by atoms with Crippen molar-refractivity contribution in [3.8, 4) is 0 Å². The van der Waals surface area contributed by atoms with Crippen molar-refractivity contribution in [3.63, 3.8) is 0 Å². The Kier molecular flexibility index (Phi) is 3.21. The molecule has 0 radical (unpaired) electrons. The van der Waals surface area contributed by atoms with Crippen LogP contribution in [0.5, 0.6) is 0 Å². The van der Waals surface area contributed by atoms with Crippen LogP contribution in [-0.4, -0.2) is 15.9 Å². The zero-order valence-corrected chi connectivity index (χ0v) is 11.0. The molecule has 3 aromatic rings. The third-order valence-corrected chi connectivity index (χ3v) is 3.04. The molecule has 100 valence electrons. The number of rotatable bonds is 3. The fourth-order valence-corrected chi connectivity index (χ4v) is 2.17. The lowest BCUT2D eigenvalue weighted by molar-refractivity contribution is -0.145. The summed E-state index contributed by atoms with van der Waals surface area (Å²) in [6, 6.07) is 17.3. The predicted octanol–water partition coefficient (Wildman–Crippen LogP) is 3.22. The van der Waals surface area contributed by atoms with Gasteiger partial charge in [0.15, 0.2) is 11.9 Å². The Morgan fingerprint density at radius 1 is 1.10 bits per heavy atom. The Bertz CT molecular complexity index is 701. The van der Waals surface area contributed by atoms with Crippen molar-refractivity contribution in [3.05, 3.63) is 66.0 Å². The van der Waals surface area contributed by atoms with E-state index in [-0.39, 0.29) is 5.97 Å². The van der Waals surface area contributed by atoms with E-state index in [0.717, 1.165) is 16.6 Å². The largest absolute Gasteiger partial charge is 0.449 e. The van der Waals surface area contributed by atoms with Crippen LogP contribution in [0.15, 0.2) is 54.6 Å². The van der Waals surface area contributed by atoms with E-state index in [1.807, 2.05) is 54.6 Å². The Hall–Kier alpha value is -2.62. The predicted molar refractivity (Wildman–Crippen MR) is 76.1 cm³/mol. The quantitative estimate of drug-likeness (QED) is 0.740. The SMILES string of the molecule is CC(=O)O[C@H](c1ccccc1)c1nc2ccccc2[nH]1. The van der Waals surface area contributed by atoms with Gasteiger partial charge >= 0.3 is 5.97 Å². The Labute approximate surface area is 116 Å². The third-order valence-electron chi connectivity index (χ3n) is 3.04. The van der Waals surface area contributed by atoms with Crippen LogP contribution in [0.4, 0.5) is 0 Å². The molecule has 0 saturated heterocycles. The van der Waals surface area contributed by atoms with Crippen molar-refractivity contribution in [2.24, 2.45) is 0 Å². The Balaban J connectivity index is 2.06.